The molecule has 6 heteroatoms. The molecule has 0 atom stereocenters. The Hall–Kier alpha value is -2.76. The van der Waals surface area contributed by atoms with E-state index < -0.39 is 5.97 Å². The van der Waals surface area contributed by atoms with Crippen LogP contribution in [0, 0.1) is 0 Å². The number of benzene rings is 1. The quantitative estimate of drug-likeness (QED) is 0.492. The number of ether oxygens (including phenoxy) is 3. The maximum atomic E-state index is 11.6. The molecule has 1 aromatic rings. The molecule has 0 unspecified atom stereocenters. The van der Waals surface area contributed by atoms with Crippen LogP contribution in [0.1, 0.15) is 12.5 Å². The van der Waals surface area contributed by atoms with Crippen molar-refractivity contribution in [3.8, 4) is 11.5 Å². The minimum Gasteiger partial charge on any atom is -0.454 e. The topological polar surface area (TPSA) is 73.9 Å². The van der Waals surface area contributed by atoms with Crippen LogP contribution in [0.2, 0.25) is 0 Å². The fourth-order valence-corrected chi connectivity index (χ4v) is 1.73. The summed E-state index contributed by atoms with van der Waals surface area (Å²) in [5, 5.41) is 2.66. The SMILES string of the molecule is CC=CC=CC(=O)OCC(=O)NCc1ccc2c(c1)OCO2. The lowest BCUT2D eigenvalue weighted by Crippen LogP contribution is -2.28. The highest BCUT2D eigenvalue weighted by atomic mass is 16.7. The molecule has 0 fully saturated rings. The lowest BCUT2D eigenvalue weighted by molar-refractivity contribution is -0.143. The number of esters is 1. The minimum atomic E-state index is -0.559. The Morgan fingerprint density at radius 1 is 1.27 bits per heavy atom. The monoisotopic (exact) mass is 303 g/mol. The number of amides is 1. The Labute approximate surface area is 128 Å². The van der Waals surface area contributed by atoms with E-state index in [-0.39, 0.29) is 19.3 Å². The van der Waals surface area contributed by atoms with Gasteiger partial charge in [-0.05, 0) is 24.6 Å². The van der Waals surface area contributed by atoms with Crippen LogP contribution in [0.15, 0.2) is 42.5 Å². The first-order chi connectivity index (χ1) is 10.7. The third kappa shape index (κ3) is 4.66. The van der Waals surface area contributed by atoms with Gasteiger partial charge in [0.1, 0.15) is 0 Å². The Balaban J connectivity index is 1.72. The van der Waals surface area contributed by atoms with Crippen LogP contribution >= 0.6 is 0 Å². The van der Waals surface area contributed by atoms with Gasteiger partial charge in [-0.25, -0.2) is 4.79 Å². The van der Waals surface area contributed by atoms with Crippen molar-refractivity contribution in [1.29, 1.82) is 0 Å². The molecular weight excluding hydrogens is 286 g/mol. The van der Waals surface area contributed by atoms with Crippen molar-refractivity contribution in [1.82, 2.24) is 5.32 Å². The van der Waals surface area contributed by atoms with Crippen LogP contribution < -0.4 is 14.8 Å². The van der Waals surface area contributed by atoms with Gasteiger partial charge < -0.3 is 19.5 Å². The van der Waals surface area contributed by atoms with Crippen molar-refractivity contribution < 1.29 is 23.8 Å². The summed E-state index contributed by atoms with van der Waals surface area (Å²) in [4.78, 5) is 22.9. The molecule has 0 saturated heterocycles. The normalized spacial score (nSPS) is 12.8. The van der Waals surface area contributed by atoms with Crippen molar-refractivity contribution in [2.24, 2.45) is 0 Å². The Kier molecular flexibility index (Phi) is 5.59. The molecule has 2 rings (SSSR count). The van der Waals surface area contributed by atoms with Gasteiger partial charge in [0.25, 0.3) is 5.91 Å². The van der Waals surface area contributed by atoms with Gasteiger partial charge in [-0.15, -0.1) is 0 Å². The largest absolute Gasteiger partial charge is 0.454 e. The smallest absolute Gasteiger partial charge is 0.331 e. The van der Waals surface area contributed by atoms with Crippen LogP contribution in [0.4, 0.5) is 0 Å². The average molecular weight is 303 g/mol. The summed E-state index contributed by atoms with van der Waals surface area (Å²) >= 11 is 0. The molecular formula is C16H17NO5. The van der Waals surface area contributed by atoms with Gasteiger partial charge in [0.05, 0.1) is 0 Å². The predicted molar refractivity (Wildman–Crippen MR) is 79.3 cm³/mol. The number of rotatable bonds is 6. The molecule has 0 aliphatic carbocycles. The van der Waals surface area contributed by atoms with E-state index in [1.165, 1.54) is 6.08 Å². The molecule has 6 nitrogen and oxygen atoms in total. The highest BCUT2D eigenvalue weighted by Gasteiger charge is 2.13. The highest BCUT2D eigenvalue weighted by molar-refractivity contribution is 5.85. The number of hydrogen-bond acceptors (Lipinski definition) is 5. The fraction of sp³-hybridized carbons (Fsp3) is 0.250. The van der Waals surface area contributed by atoms with Gasteiger partial charge in [0, 0.05) is 12.6 Å². The summed E-state index contributed by atoms with van der Waals surface area (Å²) in [6.45, 7) is 2.05. The lowest BCUT2D eigenvalue weighted by atomic mass is 10.2. The number of carbonyl (C=O) groups excluding carboxylic acids is 2. The molecule has 1 heterocycles. The Bertz CT molecular complexity index is 607. The van der Waals surface area contributed by atoms with Crippen LogP contribution in [0.25, 0.3) is 0 Å². The van der Waals surface area contributed by atoms with Crippen LogP contribution in [0.5, 0.6) is 11.5 Å². The zero-order valence-corrected chi connectivity index (χ0v) is 12.2. The van der Waals surface area contributed by atoms with Crippen molar-refractivity contribution in [3.05, 3.63) is 48.1 Å². The van der Waals surface area contributed by atoms with Crippen molar-refractivity contribution in [3.63, 3.8) is 0 Å². The fourth-order valence-electron chi connectivity index (χ4n) is 1.73. The van der Waals surface area contributed by atoms with Crippen molar-refractivity contribution in [2.45, 2.75) is 13.5 Å². The highest BCUT2D eigenvalue weighted by Crippen LogP contribution is 2.32. The van der Waals surface area contributed by atoms with Gasteiger partial charge in [-0.1, -0.05) is 24.3 Å². The molecule has 0 spiro atoms. The first-order valence-corrected chi connectivity index (χ1v) is 6.80. The molecule has 1 aliphatic rings. The zero-order chi connectivity index (χ0) is 15.8. The van der Waals surface area contributed by atoms with Gasteiger partial charge in [-0.3, -0.25) is 4.79 Å². The van der Waals surface area contributed by atoms with Gasteiger partial charge >= 0.3 is 5.97 Å². The zero-order valence-electron chi connectivity index (χ0n) is 12.2. The maximum Gasteiger partial charge on any atom is 0.331 e. The van der Waals surface area contributed by atoms with E-state index in [0.29, 0.717) is 18.0 Å². The summed E-state index contributed by atoms with van der Waals surface area (Å²) in [7, 11) is 0. The van der Waals surface area contributed by atoms with Gasteiger partial charge in [0.15, 0.2) is 18.1 Å². The number of nitrogens with one attached hydrogen (secondary N) is 1. The predicted octanol–water partition coefficient (Wildman–Crippen LogP) is 1.71. The van der Waals surface area contributed by atoms with E-state index in [1.807, 2.05) is 13.0 Å². The first-order valence-electron chi connectivity index (χ1n) is 6.80. The summed E-state index contributed by atoms with van der Waals surface area (Å²) in [5.74, 6) is 0.422. The van der Waals surface area contributed by atoms with Gasteiger partial charge in [0.2, 0.25) is 6.79 Å². The Morgan fingerprint density at radius 3 is 2.91 bits per heavy atom. The molecule has 1 N–H and O–H groups in total. The second-order valence-electron chi connectivity index (χ2n) is 4.46. The summed E-state index contributed by atoms with van der Waals surface area (Å²) in [6, 6.07) is 5.42. The van der Waals surface area contributed by atoms with Crippen LogP contribution in [-0.4, -0.2) is 25.3 Å². The molecule has 22 heavy (non-hydrogen) atoms. The van der Waals surface area contributed by atoms with E-state index in [9.17, 15) is 9.59 Å². The Morgan fingerprint density at radius 2 is 2.09 bits per heavy atom. The minimum absolute atomic E-state index is 0.210. The lowest BCUT2D eigenvalue weighted by Gasteiger charge is -2.06. The summed E-state index contributed by atoms with van der Waals surface area (Å²) in [5.41, 5.74) is 0.872. The van der Waals surface area contributed by atoms with E-state index >= 15 is 0 Å². The second kappa shape index (κ2) is 7.87. The molecule has 0 saturated carbocycles. The molecule has 1 aliphatic heterocycles. The summed E-state index contributed by atoms with van der Waals surface area (Å²) < 4.78 is 15.3. The van der Waals surface area contributed by atoms with Gasteiger partial charge in [-0.2, -0.15) is 0 Å². The van der Waals surface area contributed by atoms with Crippen molar-refractivity contribution in [2.75, 3.05) is 13.4 Å². The molecule has 1 amide bonds. The molecule has 0 aromatic heterocycles. The van der Waals surface area contributed by atoms with Crippen LogP contribution in [0.3, 0.4) is 0 Å². The number of fused-ring (bicyclic) bond motifs is 1. The van der Waals surface area contributed by atoms with Crippen molar-refractivity contribution >= 4 is 11.9 Å². The molecule has 0 bridgehead atoms. The number of hydrogen-bond donors (Lipinski definition) is 1. The standard InChI is InChI=1S/C16H17NO5/c1-2-3-4-5-16(19)20-10-15(18)17-9-12-6-7-13-14(8-12)22-11-21-13/h2-8H,9-11H2,1H3,(H,17,18). The molecule has 116 valence electrons. The van der Waals surface area contributed by atoms with E-state index in [1.54, 1.807) is 30.4 Å². The third-order valence-electron chi connectivity index (χ3n) is 2.81. The number of carbonyl (C=O) groups is 2. The molecule has 1 aromatic carbocycles. The summed E-state index contributed by atoms with van der Waals surface area (Å²) in [6.07, 6.45) is 6.28. The van der Waals surface area contributed by atoms with E-state index in [0.717, 1.165) is 5.56 Å². The molecule has 0 radical (unpaired) electrons. The number of allylic oxidation sites excluding steroid dienone is 3. The van der Waals surface area contributed by atoms with Crippen LogP contribution in [-0.2, 0) is 20.9 Å². The maximum absolute atomic E-state index is 11.6. The third-order valence-corrected chi connectivity index (χ3v) is 2.81. The first kappa shape index (κ1) is 15.6. The average Bonchev–Trinajstić information content (AvgIpc) is 2.98. The van der Waals surface area contributed by atoms with E-state index in [4.69, 9.17) is 14.2 Å². The van der Waals surface area contributed by atoms with E-state index in [2.05, 4.69) is 5.32 Å². The second-order valence-corrected chi connectivity index (χ2v) is 4.46.